The molecule has 1 atom stereocenters. The average molecular weight is 374 g/mol. The van der Waals surface area contributed by atoms with Gasteiger partial charge in [-0.05, 0) is 18.9 Å². The molecule has 156 valence electrons. The van der Waals surface area contributed by atoms with Crippen molar-refractivity contribution >= 4 is 0 Å². The van der Waals surface area contributed by atoms with Gasteiger partial charge in [-0.1, -0.05) is 140 Å². The summed E-state index contributed by atoms with van der Waals surface area (Å²) in [6, 6.07) is 10.6. The van der Waals surface area contributed by atoms with Crippen LogP contribution in [-0.2, 0) is 5.54 Å². The van der Waals surface area contributed by atoms with Gasteiger partial charge in [-0.3, -0.25) is 0 Å². The molecule has 1 nitrogen and oxygen atoms in total. The first-order chi connectivity index (χ1) is 13.2. The lowest BCUT2D eigenvalue weighted by molar-refractivity contribution is 0.420. The molecule has 1 aromatic rings. The SMILES string of the molecule is CCCCCCCCCCCCCCCCCCC(C)(N)c1ccccc1. The predicted molar refractivity (Wildman–Crippen MR) is 122 cm³/mol. The number of hydrogen-bond donors (Lipinski definition) is 1. The van der Waals surface area contributed by atoms with Gasteiger partial charge in [0.15, 0.2) is 0 Å². The third-order valence-corrected chi connectivity index (χ3v) is 5.98. The van der Waals surface area contributed by atoms with Crippen LogP contribution in [0.4, 0.5) is 0 Å². The van der Waals surface area contributed by atoms with Crippen LogP contribution in [0.2, 0.25) is 0 Å². The molecular weight excluding hydrogens is 326 g/mol. The van der Waals surface area contributed by atoms with Crippen molar-refractivity contribution in [1.29, 1.82) is 0 Å². The number of rotatable bonds is 18. The van der Waals surface area contributed by atoms with Crippen LogP contribution in [0.5, 0.6) is 0 Å². The summed E-state index contributed by atoms with van der Waals surface area (Å²) in [6.45, 7) is 4.47. The van der Waals surface area contributed by atoms with Crippen molar-refractivity contribution in [3.63, 3.8) is 0 Å². The van der Waals surface area contributed by atoms with E-state index in [1.807, 2.05) is 0 Å². The first-order valence-corrected chi connectivity index (χ1v) is 12.0. The zero-order valence-electron chi connectivity index (χ0n) is 18.5. The van der Waals surface area contributed by atoms with E-state index in [0.717, 1.165) is 6.42 Å². The summed E-state index contributed by atoms with van der Waals surface area (Å²) in [5.74, 6) is 0. The first kappa shape index (κ1) is 24.2. The van der Waals surface area contributed by atoms with Crippen LogP contribution in [0.3, 0.4) is 0 Å². The molecule has 0 aromatic heterocycles. The van der Waals surface area contributed by atoms with E-state index in [1.54, 1.807) is 0 Å². The molecule has 1 heteroatoms. The van der Waals surface area contributed by atoms with Crippen molar-refractivity contribution in [3.05, 3.63) is 35.9 Å². The molecule has 2 N–H and O–H groups in total. The molecule has 0 saturated heterocycles. The predicted octanol–water partition coefficient (Wildman–Crippen LogP) is 8.51. The van der Waals surface area contributed by atoms with Gasteiger partial charge in [0, 0.05) is 5.54 Å². The van der Waals surface area contributed by atoms with Gasteiger partial charge in [0.05, 0.1) is 0 Å². The summed E-state index contributed by atoms with van der Waals surface area (Å²) in [5.41, 5.74) is 7.60. The summed E-state index contributed by atoms with van der Waals surface area (Å²) >= 11 is 0. The van der Waals surface area contributed by atoms with E-state index in [9.17, 15) is 0 Å². The fourth-order valence-corrected chi connectivity index (χ4v) is 4.00. The molecule has 0 heterocycles. The monoisotopic (exact) mass is 373 g/mol. The van der Waals surface area contributed by atoms with Crippen molar-refractivity contribution in [1.82, 2.24) is 0 Å². The van der Waals surface area contributed by atoms with E-state index in [1.165, 1.54) is 108 Å². The van der Waals surface area contributed by atoms with E-state index in [0.29, 0.717) is 0 Å². The Morgan fingerprint density at radius 1 is 0.593 bits per heavy atom. The van der Waals surface area contributed by atoms with Gasteiger partial charge in [0.1, 0.15) is 0 Å². The Balaban J connectivity index is 1.83. The van der Waals surface area contributed by atoms with Gasteiger partial charge >= 0.3 is 0 Å². The van der Waals surface area contributed by atoms with Crippen LogP contribution in [-0.4, -0.2) is 0 Å². The van der Waals surface area contributed by atoms with E-state index in [2.05, 4.69) is 44.2 Å². The summed E-state index contributed by atoms with van der Waals surface area (Å²) in [4.78, 5) is 0. The Hall–Kier alpha value is -0.820. The highest BCUT2D eigenvalue weighted by molar-refractivity contribution is 5.22. The molecule has 27 heavy (non-hydrogen) atoms. The standard InChI is InChI=1S/C26H47N/c1-3-4-5-6-7-8-9-10-11-12-13-14-15-16-17-21-24-26(2,27)25-22-19-18-20-23-25/h18-20,22-23H,3-17,21,24,27H2,1-2H3. The normalized spacial score (nSPS) is 13.6. The molecule has 0 saturated carbocycles. The summed E-state index contributed by atoms with van der Waals surface area (Å²) in [5, 5.41) is 0. The van der Waals surface area contributed by atoms with Crippen LogP contribution in [0.1, 0.15) is 129 Å². The molecule has 0 spiro atoms. The number of hydrogen-bond acceptors (Lipinski definition) is 1. The van der Waals surface area contributed by atoms with Gasteiger partial charge in [0.2, 0.25) is 0 Å². The minimum atomic E-state index is -0.169. The molecule has 0 radical (unpaired) electrons. The molecule has 0 aliphatic rings. The smallest absolute Gasteiger partial charge is 0.0381 e. The van der Waals surface area contributed by atoms with Crippen LogP contribution in [0.25, 0.3) is 0 Å². The molecule has 0 fully saturated rings. The lowest BCUT2D eigenvalue weighted by Gasteiger charge is -2.25. The second kappa shape index (κ2) is 16.2. The van der Waals surface area contributed by atoms with Crippen molar-refractivity contribution in [2.45, 2.75) is 129 Å². The molecule has 1 aromatic carbocycles. The highest BCUT2D eigenvalue weighted by Crippen LogP contribution is 2.24. The summed E-state index contributed by atoms with van der Waals surface area (Å²) < 4.78 is 0. The topological polar surface area (TPSA) is 26.0 Å². The number of benzene rings is 1. The Bertz CT molecular complexity index is 423. The lowest BCUT2D eigenvalue weighted by Crippen LogP contribution is -2.32. The molecule has 1 rings (SSSR count). The zero-order chi connectivity index (χ0) is 19.6. The maximum absolute atomic E-state index is 6.50. The number of unbranched alkanes of at least 4 members (excludes halogenated alkanes) is 15. The number of nitrogens with two attached hydrogens (primary N) is 1. The molecular formula is C26H47N. The van der Waals surface area contributed by atoms with Gasteiger partial charge in [-0.25, -0.2) is 0 Å². The zero-order valence-corrected chi connectivity index (χ0v) is 18.5. The molecule has 0 aliphatic carbocycles. The van der Waals surface area contributed by atoms with E-state index < -0.39 is 0 Å². The minimum absolute atomic E-state index is 0.169. The van der Waals surface area contributed by atoms with Gasteiger partial charge < -0.3 is 5.73 Å². The summed E-state index contributed by atoms with van der Waals surface area (Å²) in [6.07, 6.45) is 23.8. The Labute approximate surface area is 170 Å². The molecule has 0 aliphatic heterocycles. The largest absolute Gasteiger partial charge is 0.322 e. The van der Waals surface area contributed by atoms with Gasteiger partial charge in [-0.2, -0.15) is 0 Å². The van der Waals surface area contributed by atoms with Crippen LogP contribution >= 0.6 is 0 Å². The second-order valence-electron chi connectivity index (χ2n) is 8.84. The van der Waals surface area contributed by atoms with Crippen molar-refractivity contribution in [2.24, 2.45) is 5.73 Å². The Kier molecular flexibility index (Phi) is 14.5. The van der Waals surface area contributed by atoms with E-state index >= 15 is 0 Å². The minimum Gasteiger partial charge on any atom is -0.322 e. The Morgan fingerprint density at radius 3 is 1.37 bits per heavy atom. The van der Waals surface area contributed by atoms with E-state index in [-0.39, 0.29) is 5.54 Å². The fraction of sp³-hybridized carbons (Fsp3) is 0.769. The quantitative estimate of drug-likeness (QED) is 0.256. The highest BCUT2D eigenvalue weighted by atomic mass is 14.7. The Morgan fingerprint density at radius 2 is 0.963 bits per heavy atom. The maximum Gasteiger partial charge on any atom is 0.0381 e. The van der Waals surface area contributed by atoms with Gasteiger partial charge in [-0.15, -0.1) is 0 Å². The lowest BCUT2D eigenvalue weighted by atomic mass is 9.87. The summed E-state index contributed by atoms with van der Waals surface area (Å²) in [7, 11) is 0. The molecule has 0 amide bonds. The van der Waals surface area contributed by atoms with Crippen LogP contribution in [0, 0.1) is 0 Å². The van der Waals surface area contributed by atoms with Crippen molar-refractivity contribution in [3.8, 4) is 0 Å². The molecule has 1 unspecified atom stereocenters. The fourth-order valence-electron chi connectivity index (χ4n) is 4.00. The first-order valence-electron chi connectivity index (χ1n) is 12.0. The van der Waals surface area contributed by atoms with Crippen molar-refractivity contribution < 1.29 is 0 Å². The average Bonchev–Trinajstić information content (AvgIpc) is 2.68. The highest BCUT2D eigenvalue weighted by Gasteiger charge is 2.19. The maximum atomic E-state index is 6.50. The van der Waals surface area contributed by atoms with Crippen molar-refractivity contribution in [2.75, 3.05) is 0 Å². The van der Waals surface area contributed by atoms with Crippen LogP contribution < -0.4 is 5.73 Å². The second-order valence-corrected chi connectivity index (χ2v) is 8.84. The van der Waals surface area contributed by atoms with Crippen LogP contribution in [0.15, 0.2) is 30.3 Å². The third kappa shape index (κ3) is 13.1. The van der Waals surface area contributed by atoms with Gasteiger partial charge in [0.25, 0.3) is 0 Å². The molecule has 0 bridgehead atoms. The third-order valence-electron chi connectivity index (χ3n) is 5.98. The van der Waals surface area contributed by atoms with E-state index in [4.69, 9.17) is 5.73 Å².